The smallest absolute Gasteiger partial charge is 0.408 e. The highest BCUT2D eigenvalue weighted by molar-refractivity contribution is 5.97. The van der Waals surface area contributed by atoms with Gasteiger partial charge in [-0.15, -0.1) is 0 Å². The van der Waals surface area contributed by atoms with E-state index < -0.39 is 59.7 Å². The topological polar surface area (TPSA) is 184 Å². The Kier molecular flexibility index (Phi) is 12.0. The predicted octanol–water partition coefficient (Wildman–Crippen LogP) is 4.44. The Morgan fingerprint density at radius 1 is 0.863 bits per heavy atom. The molecule has 2 unspecified atom stereocenters. The second kappa shape index (κ2) is 16.2. The van der Waals surface area contributed by atoms with E-state index in [1.165, 1.54) is 30.3 Å². The van der Waals surface area contributed by atoms with Gasteiger partial charge in [-0.25, -0.2) is 19.2 Å². The van der Waals surface area contributed by atoms with E-state index in [1.807, 2.05) is 12.1 Å². The van der Waals surface area contributed by atoms with Crippen LogP contribution in [-0.4, -0.2) is 59.0 Å². The summed E-state index contributed by atoms with van der Waals surface area (Å²) in [5, 5.41) is 5.44. The Hall–Kier alpha value is -5.92. The highest BCUT2D eigenvalue weighted by Crippen LogP contribution is 2.18. The molecule has 3 N–H and O–H groups in total. The van der Waals surface area contributed by atoms with E-state index >= 15 is 0 Å². The Morgan fingerprint density at radius 3 is 2.12 bits per heavy atom. The van der Waals surface area contributed by atoms with Crippen molar-refractivity contribution in [2.45, 2.75) is 65.8 Å². The maximum atomic E-state index is 13.6. The number of benzene rings is 3. The summed E-state index contributed by atoms with van der Waals surface area (Å²) in [6, 6.07) is 15.9. The number of ether oxygens (including phenoxy) is 4. The van der Waals surface area contributed by atoms with Gasteiger partial charge in [0.05, 0.1) is 29.6 Å². The molecule has 0 fully saturated rings. The van der Waals surface area contributed by atoms with E-state index in [0.29, 0.717) is 11.3 Å². The van der Waals surface area contributed by atoms with E-state index in [4.69, 9.17) is 18.9 Å². The number of amides is 2. The van der Waals surface area contributed by atoms with Crippen LogP contribution in [0.1, 0.15) is 79.4 Å². The van der Waals surface area contributed by atoms with Crippen molar-refractivity contribution in [3.8, 4) is 5.75 Å². The first-order valence-corrected chi connectivity index (χ1v) is 16.2. The van der Waals surface area contributed by atoms with Crippen molar-refractivity contribution in [3.05, 3.63) is 110 Å². The minimum atomic E-state index is -1.03. The summed E-state index contributed by atoms with van der Waals surface area (Å²) >= 11 is 0. The minimum Gasteiger partial charge on any atom is -0.497 e. The first-order valence-electron chi connectivity index (χ1n) is 16.2. The molecule has 0 aliphatic carbocycles. The lowest BCUT2D eigenvalue weighted by Gasteiger charge is -2.24. The summed E-state index contributed by atoms with van der Waals surface area (Å²) in [7, 11) is 1.57. The number of aromatic amines is 1. The van der Waals surface area contributed by atoms with Gasteiger partial charge in [-0.2, -0.15) is 0 Å². The highest BCUT2D eigenvalue weighted by Gasteiger charge is 2.28. The van der Waals surface area contributed by atoms with Crippen molar-refractivity contribution in [2.75, 3.05) is 13.9 Å². The van der Waals surface area contributed by atoms with Crippen molar-refractivity contribution >= 4 is 34.8 Å². The van der Waals surface area contributed by atoms with Crippen molar-refractivity contribution in [1.82, 2.24) is 20.2 Å². The maximum Gasteiger partial charge on any atom is 0.408 e. The van der Waals surface area contributed by atoms with Gasteiger partial charge in [0.15, 0.2) is 0 Å². The molecule has 1 aromatic heterocycles. The summed E-state index contributed by atoms with van der Waals surface area (Å²) < 4.78 is 21.6. The fourth-order valence-electron chi connectivity index (χ4n) is 5.04. The summed E-state index contributed by atoms with van der Waals surface area (Å²) in [5.41, 5.74) is 0.0254. The van der Waals surface area contributed by atoms with E-state index in [9.17, 15) is 28.8 Å². The van der Waals surface area contributed by atoms with Crippen molar-refractivity contribution in [1.29, 1.82) is 0 Å². The molecule has 2 atom stereocenters. The number of aromatic nitrogens is 2. The second-order valence-electron chi connectivity index (χ2n) is 13.1. The lowest BCUT2D eigenvalue weighted by molar-refractivity contribution is -0.155. The summed E-state index contributed by atoms with van der Waals surface area (Å²) in [4.78, 5) is 79.6. The third-order valence-corrected chi connectivity index (χ3v) is 7.80. The van der Waals surface area contributed by atoms with Gasteiger partial charge in [-0.3, -0.25) is 14.2 Å². The van der Waals surface area contributed by atoms with Crippen LogP contribution < -0.4 is 26.6 Å². The molecule has 4 rings (SSSR count). The fourth-order valence-corrected chi connectivity index (χ4v) is 5.04. The largest absolute Gasteiger partial charge is 0.497 e. The number of esters is 2. The maximum absolute atomic E-state index is 13.6. The molecule has 0 aliphatic heterocycles. The van der Waals surface area contributed by atoms with Gasteiger partial charge in [-0.05, 0) is 87.2 Å². The zero-order chi connectivity index (χ0) is 37.5. The van der Waals surface area contributed by atoms with Gasteiger partial charge in [0.2, 0.25) is 6.79 Å². The molecule has 1 heterocycles. The number of H-pyrrole nitrogens is 1. The van der Waals surface area contributed by atoms with E-state index in [2.05, 4.69) is 15.6 Å². The highest BCUT2D eigenvalue weighted by atomic mass is 16.7. The van der Waals surface area contributed by atoms with Gasteiger partial charge in [0.1, 0.15) is 17.4 Å². The summed E-state index contributed by atoms with van der Waals surface area (Å²) in [6.45, 7) is 9.70. The van der Waals surface area contributed by atoms with Crippen LogP contribution in [0.4, 0.5) is 4.79 Å². The van der Waals surface area contributed by atoms with Gasteiger partial charge in [0.25, 0.3) is 11.5 Å². The van der Waals surface area contributed by atoms with Gasteiger partial charge in [0, 0.05) is 12.1 Å². The van der Waals surface area contributed by atoms with Crippen LogP contribution in [0.3, 0.4) is 0 Å². The number of rotatable bonds is 12. The number of methoxy groups -OCH3 is 1. The van der Waals surface area contributed by atoms with Crippen LogP contribution in [0.25, 0.3) is 10.9 Å². The molecule has 0 spiro atoms. The predicted molar refractivity (Wildman–Crippen MR) is 188 cm³/mol. The Labute approximate surface area is 294 Å². The van der Waals surface area contributed by atoms with Crippen LogP contribution in [0, 0.1) is 5.92 Å². The third-order valence-electron chi connectivity index (χ3n) is 7.80. The number of hydrogen-bond acceptors (Lipinski definition) is 10. The minimum absolute atomic E-state index is 0.124. The third kappa shape index (κ3) is 9.84. The number of nitrogens with zero attached hydrogens (tertiary/aromatic N) is 1. The molecule has 0 bridgehead atoms. The zero-order valence-corrected chi connectivity index (χ0v) is 29.5. The molecule has 14 heteroatoms. The molecule has 3 aromatic carbocycles. The number of carbonyl (C=O) groups is 4. The van der Waals surface area contributed by atoms with Crippen LogP contribution >= 0.6 is 0 Å². The number of carbonyl (C=O) groups excluding carboxylic acids is 4. The summed E-state index contributed by atoms with van der Waals surface area (Å²) in [6.07, 6.45) is -0.786. The van der Waals surface area contributed by atoms with Gasteiger partial charge in [-0.1, -0.05) is 38.1 Å². The molecule has 0 aliphatic rings. The lowest BCUT2D eigenvalue weighted by Crippen LogP contribution is -2.47. The molecule has 0 saturated heterocycles. The second-order valence-corrected chi connectivity index (χ2v) is 13.1. The molecule has 270 valence electrons. The molecule has 0 radical (unpaired) electrons. The van der Waals surface area contributed by atoms with Crippen LogP contribution in [0.15, 0.2) is 76.3 Å². The average Bonchev–Trinajstić information content (AvgIpc) is 3.08. The van der Waals surface area contributed by atoms with Crippen molar-refractivity contribution < 1.29 is 38.1 Å². The Morgan fingerprint density at radius 2 is 1.51 bits per heavy atom. The molecular weight excluding hydrogens is 660 g/mol. The summed E-state index contributed by atoms with van der Waals surface area (Å²) in [5.74, 6) is -1.63. The molecular formula is C37H42N4O10. The van der Waals surface area contributed by atoms with Crippen LogP contribution in [0.2, 0.25) is 0 Å². The SMILES string of the molecule is COc1ccc(CNC(=O)c2ccc3[nH]c(=O)n(C(C)c4ccc(C(=O)OCOC(=O)C(NC(=O)OC(C)(C)C)C(C)C)cc4)c(=O)c3c2)cc1. The number of alkyl carbamates (subject to hydrolysis) is 1. The van der Waals surface area contributed by atoms with Crippen molar-refractivity contribution in [2.24, 2.45) is 5.92 Å². The normalized spacial score (nSPS) is 12.5. The molecule has 4 aromatic rings. The Bertz CT molecular complexity index is 2010. The molecule has 0 saturated carbocycles. The van der Waals surface area contributed by atoms with Gasteiger partial charge >= 0.3 is 23.7 Å². The molecule has 2 amide bonds. The number of fused-ring (bicyclic) bond motifs is 1. The monoisotopic (exact) mass is 702 g/mol. The number of nitrogens with one attached hydrogen (secondary N) is 3. The first kappa shape index (κ1) is 37.9. The Balaban J connectivity index is 1.40. The standard InChI is InChI=1S/C37H42N4O10/c1-21(2)30(40-36(47)51-37(4,5)6)34(45)50-20-49-33(44)25-12-10-24(11-13-25)22(3)41-32(43)28-18-26(14-17-29(28)39-35(41)46)31(42)38-19-23-8-15-27(48-7)16-9-23/h8-18,21-22,30H,19-20H2,1-7H3,(H,38,42)(H,39,46)(H,40,47). The lowest BCUT2D eigenvalue weighted by atomic mass is 10.1. The van der Waals surface area contributed by atoms with Crippen LogP contribution in [0.5, 0.6) is 5.75 Å². The first-order chi connectivity index (χ1) is 24.1. The van der Waals surface area contributed by atoms with E-state index in [0.717, 1.165) is 10.1 Å². The molecule has 14 nitrogen and oxygen atoms in total. The van der Waals surface area contributed by atoms with E-state index in [1.54, 1.807) is 72.9 Å². The van der Waals surface area contributed by atoms with E-state index in [-0.39, 0.29) is 34.5 Å². The average molecular weight is 703 g/mol. The van der Waals surface area contributed by atoms with Crippen LogP contribution in [-0.2, 0) is 25.5 Å². The molecule has 51 heavy (non-hydrogen) atoms. The quantitative estimate of drug-likeness (QED) is 0.141. The fraction of sp³-hybridized carbons (Fsp3) is 0.351. The zero-order valence-electron chi connectivity index (χ0n) is 29.5. The van der Waals surface area contributed by atoms with Crippen molar-refractivity contribution in [3.63, 3.8) is 0 Å². The number of hydrogen-bond donors (Lipinski definition) is 3. The van der Waals surface area contributed by atoms with Gasteiger partial charge < -0.3 is 34.6 Å².